The molecular formula is C23H25N3O6. The molecule has 168 valence electrons. The summed E-state index contributed by atoms with van der Waals surface area (Å²) in [4.78, 5) is 40.0. The lowest BCUT2D eigenvalue weighted by Crippen LogP contribution is -2.32. The highest BCUT2D eigenvalue weighted by Crippen LogP contribution is 2.40. The number of Topliss-reactive ketones (excluding diaryl/α,β-unsaturated/α-hetero) is 1. The molecule has 2 aromatic rings. The first-order chi connectivity index (χ1) is 15.2. The molecule has 0 radical (unpaired) electrons. The highest BCUT2D eigenvalue weighted by Gasteiger charge is 2.46. The molecule has 0 bridgehead atoms. The van der Waals surface area contributed by atoms with Crippen molar-refractivity contribution in [3.63, 3.8) is 0 Å². The van der Waals surface area contributed by atoms with Crippen LogP contribution in [0.2, 0.25) is 0 Å². The van der Waals surface area contributed by atoms with Crippen molar-refractivity contribution in [1.29, 1.82) is 0 Å². The molecule has 0 aliphatic carbocycles. The molecule has 1 saturated heterocycles. The van der Waals surface area contributed by atoms with E-state index in [0.717, 1.165) is 0 Å². The number of carbonyl (C=O) groups is 2. The number of hydrogen-bond donors (Lipinski definition) is 1. The first kappa shape index (κ1) is 23.0. The van der Waals surface area contributed by atoms with Crippen LogP contribution in [-0.2, 0) is 9.59 Å². The van der Waals surface area contributed by atoms with Crippen molar-refractivity contribution in [2.45, 2.75) is 12.5 Å². The van der Waals surface area contributed by atoms with Gasteiger partial charge < -0.3 is 19.6 Å². The van der Waals surface area contributed by atoms with E-state index in [1.54, 1.807) is 30.3 Å². The number of aliphatic hydroxyl groups is 1. The number of benzene rings is 2. The summed E-state index contributed by atoms with van der Waals surface area (Å²) in [6, 6.07) is 11.3. The summed E-state index contributed by atoms with van der Waals surface area (Å²) in [6.07, 6.45) is 0.591. The molecule has 1 unspecified atom stereocenters. The molecule has 9 heteroatoms. The molecule has 1 atom stereocenters. The molecule has 0 spiro atoms. The van der Waals surface area contributed by atoms with E-state index in [0.29, 0.717) is 29.8 Å². The molecule has 1 fully saturated rings. The zero-order valence-corrected chi connectivity index (χ0v) is 18.1. The minimum absolute atomic E-state index is 0.0921. The fourth-order valence-corrected chi connectivity index (χ4v) is 3.73. The summed E-state index contributed by atoms with van der Waals surface area (Å²) >= 11 is 0. The number of nitro benzene ring substituents is 1. The number of nitrogens with zero attached hydrogens (tertiary/aromatic N) is 3. The predicted molar refractivity (Wildman–Crippen MR) is 118 cm³/mol. The van der Waals surface area contributed by atoms with Gasteiger partial charge in [-0.3, -0.25) is 19.7 Å². The second kappa shape index (κ2) is 9.61. The largest absolute Gasteiger partial charge is 0.507 e. The molecule has 3 rings (SSSR count). The van der Waals surface area contributed by atoms with Crippen LogP contribution in [0.15, 0.2) is 54.1 Å². The number of ketones is 1. The Kier molecular flexibility index (Phi) is 6.89. The van der Waals surface area contributed by atoms with Crippen molar-refractivity contribution in [2.75, 3.05) is 34.3 Å². The van der Waals surface area contributed by atoms with Gasteiger partial charge in [0.05, 0.1) is 23.6 Å². The molecule has 1 N–H and O–H groups in total. The maximum absolute atomic E-state index is 13.0. The summed E-state index contributed by atoms with van der Waals surface area (Å²) in [7, 11) is 5.31. The lowest BCUT2D eigenvalue weighted by atomic mass is 9.95. The smallest absolute Gasteiger partial charge is 0.295 e. The highest BCUT2D eigenvalue weighted by atomic mass is 16.6. The summed E-state index contributed by atoms with van der Waals surface area (Å²) < 4.78 is 5.12. The average molecular weight is 439 g/mol. The van der Waals surface area contributed by atoms with E-state index >= 15 is 0 Å². The van der Waals surface area contributed by atoms with Gasteiger partial charge in [0.15, 0.2) is 0 Å². The van der Waals surface area contributed by atoms with Gasteiger partial charge in [0.1, 0.15) is 11.5 Å². The Bertz CT molecular complexity index is 1060. The van der Waals surface area contributed by atoms with Crippen LogP contribution in [0.3, 0.4) is 0 Å². The van der Waals surface area contributed by atoms with Crippen molar-refractivity contribution in [1.82, 2.24) is 9.80 Å². The number of hydrogen-bond acceptors (Lipinski definition) is 7. The van der Waals surface area contributed by atoms with Gasteiger partial charge in [-0.05, 0) is 56.9 Å². The number of nitro groups is 1. The normalized spacial score (nSPS) is 17.8. The Labute approximate surface area is 185 Å². The number of aliphatic hydroxyl groups excluding tert-OH is 1. The molecule has 1 aliphatic heterocycles. The third-order valence-electron chi connectivity index (χ3n) is 5.30. The van der Waals surface area contributed by atoms with E-state index in [9.17, 15) is 24.8 Å². The zero-order valence-electron chi connectivity index (χ0n) is 18.1. The van der Waals surface area contributed by atoms with Crippen LogP contribution in [0.25, 0.3) is 5.76 Å². The van der Waals surface area contributed by atoms with Gasteiger partial charge in [0.25, 0.3) is 17.4 Å². The second-order valence-electron chi connectivity index (χ2n) is 7.73. The van der Waals surface area contributed by atoms with E-state index in [1.165, 1.54) is 30.2 Å². The SMILES string of the molecule is COc1ccc(/C(O)=C2\C(=O)C(=O)N(CCCN(C)C)C2c2cccc([N+](=O)[O-])c2)cc1. The van der Waals surface area contributed by atoms with Crippen LogP contribution in [0, 0.1) is 10.1 Å². The first-order valence-corrected chi connectivity index (χ1v) is 10.1. The van der Waals surface area contributed by atoms with Crippen LogP contribution in [0.1, 0.15) is 23.6 Å². The molecule has 2 aromatic carbocycles. The summed E-state index contributed by atoms with van der Waals surface area (Å²) in [5.41, 5.74) is 0.474. The maximum Gasteiger partial charge on any atom is 0.295 e. The molecule has 1 amide bonds. The lowest BCUT2D eigenvalue weighted by molar-refractivity contribution is -0.384. The highest BCUT2D eigenvalue weighted by molar-refractivity contribution is 6.46. The van der Waals surface area contributed by atoms with Crippen LogP contribution < -0.4 is 4.74 Å². The number of ether oxygens (including phenoxy) is 1. The van der Waals surface area contributed by atoms with Crippen LogP contribution >= 0.6 is 0 Å². The topological polar surface area (TPSA) is 113 Å². The Balaban J connectivity index is 2.12. The van der Waals surface area contributed by atoms with E-state index in [-0.39, 0.29) is 23.6 Å². The Morgan fingerprint density at radius 1 is 1.19 bits per heavy atom. The van der Waals surface area contributed by atoms with Gasteiger partial charge in [0.2, 0.25) is 0 Å². The number of carbonyl (C=O) groups excluding carboxylic acids is 2. The number of methoxy groups -OCH3 is 1. The van der Waals surface area contributed by atoms with Gasteiger partial charge in [0, 0.05) is 24.2 Å². The van der Waals surface area contributed by atoms with Crippen molar-refractivity contribution in [3.8, 4) is 5.75 Å². The van der Waals surface area contributed by atoms with Crippen molar-refractivity contribution in [3.05, 3.63) is 75.3 Å². The average Bonchev–Trinajstić information content (AvgIpc) is 3.03. The van der Waals surface area contributed by atoms with E-state index in [1.807, 2.05) is 19.0 Å². The molecule has 9 nitrogen and oxygen atoms in total. The fraction of sp³-hybridized carbons (Fsp3) is 0.304. The number of rotatable bonds is 8. The third-order valence-corrected chi connectivity index (χ3v) is 5.30. The zero-order chi connectivity index (χ0) is 23.4. The van der Waals surface area contributed by atoms with Crippen LogP contribution in [0.5, 0.6) is 5.75 Å². The van der Waals surface area contributed by atoms with Crippen LogP contribution in [0.4, 0.5) is 5.69 Å². The quantitative estimate of drug-likeness (QED) is 0.221. The summed E-state index contributed by atoms with van der Waals surface area (Å²) in [5.74, 6) is -1.33. The number of amides is 1. The monoisotopic (exact) mass is 439 g/mol. The Hall–Kier alpha value is -3.72. The van der Waals surface area contributed by atoms with Crippen molar-refractivity contribution < 1.29 is 24.4 Å². The molecule has 0 saturated carbocycles. The van der Waals surface area contributed by atoms with Gasteiger partial charge >= 0.3 is 0 Å². The second-order valence-corrected chi connectivity index (χ2v) is 7.73. The van der Waals surface area contributed by atoms with Gasteiger partial charge in [-0.2, -0.15) is 0 Å². The number of likely N-dealkylation sites (tertiary alicyclic amines) is 1. The van der Waals surface area contributed by atoms with Gasteiger partial charge in [-0.25, -0.2) is 0 Å². The van der Waals surface area contributed by atoms with Crippen LogP contribution in [-0.4, -0.2) is 65.8 Å². The van der Waals surface area contributed by atoms with E-state index < -0.39 is 22.7 Å². The molecule has 1 heterocycles. The first-order valence-electron chi connectivity index (χ1n) is 10.1. The Morgan fingerprint density at radius 2 is 1.88 bits per heavy atom. The van der Waals surface area contributed by atoms with Gasteiger partial charge in [-0.15, -0.1) is 0 Å². The van der Waals surface area contributed by atoms with Gasteiger partial charge in [-0.1, -0.05) is 12.1 Å². The van der Waals surface area contributed by atoms with Crippen molar-refractivity contribution >= 4 is 23.1 Å². The summed E-state index contributed by atoms with van der Waals surface area (Å²) in [6.45, 7) is 0.943. The van der Waals surface area contributed by atoms with E-state index in [4.69, 9.17) is 4.74 Å². The van der Waals surface area contributed by atoms with E-state index in [2.05, 4.69) is 0 Å². The third kappa shape index (κ3) is 4.62. The molecule has 0 aromatic heterocycles. The number of non-ortho nitro benzene ring substituents is 1. The molecule has 32 heavy (non-hydrogen) atoms. The minimum atomic E-state index is -0.931. The fourth-order valence-electron chi connectivity index (χ4n) is 3.73. The molecule has 1 aliphatic rings. The van der Waals surface area contributed by atoms with Crippen molar-refractivity contribution in [2.24, 2.45) is 0 Å². The lowest BCUT2D eigenvalue weighted by Gasteiger charge is -2.25. The predicted octanol–water partition coefficient (Wildman–Crippen LogP) is 2.98. The maximum atomic E-state index is 13.0. The summed E-state index contributed by atoms with van der Waals surface area (Å²) in [5, 5.41) is 22.3. The minimum Gasteiger partial charge on any atom is -0.507 e. The molecular weight excluding hydrogens is 414 g/mol. The standard InChI is InChI=1S/C23H25N3O6/c1-24(2)12-5-13-25-20(16-6-4-7-17(14-16)26(30)31)19(22(28)23(25)29)21(27)15-8-10-18(32-3)11-9-15/h4,6-11,14,20,27H,5,12-13H2,1-3H3/b21-19+. The Morgan fingerprint density at radius 3 is 2.47 bits per heavy atom.